The number of esters is 1. The summed E-state index contributed by atoms with van der Waals surface area (Å²) in [6.07, 6.45) is 4.06. The van der Waals surface area contributed by atoms with Gasteiger partial charge in [-0.15, -0.1) is 0 Å². The lowest BCUT2D eigenvalue weighted by Crippen LogP contribution is -2.01. The number of hydrogen-bond donors (Lipinski definition) is 1. The second-order valence-corrected chi connectivity index (χ2v) is 4.16. The molecule has 0 bridgehead atoms. The average Bonchev–Trinajstić information content (AvgIpc) is 2.45. The highest BCUT2D eigenvalue weighted by molar-refractivity contribution is 5.81. The van der Waals surface area contributed by atoms with E-state index in [1.807, 2.05) is 12.1 Å². The van der Waals surface area contributed by atoms with Crippen LogP contribution >= 0.6 is 0 Å². The van der Waals surface area contributed by atoms with Gasteiger partial charge < -0.3 is 14.6 Å². The zero-order valence-electron chi connectivity index (χ0n) is 11.6. The highest BCUT2D eigenvalue weighted by atomic mass is 16.5. The lowest BCUT2D eigenvalue weighted by atomic mass is 10.00. The van der Waals surface area contributed by atoms with Crippen LogP contribution in [0.4, 0.5) is 0 Å². The van der Waals surface area contributed by atoms with Crippen LogP contribution in [-0.2, 0) is 27.2 Å². The number of ether oxygens (including phenoxy) is 2. The highest BCUT2D eigenvalue weighted by Gasteiger charge is 2.06. The lowest BCUT2D eigenvalue weighted by molar-refractivity contribution is -0.137. The van der Waals surface area contributed by atoms with Crippen LogP contribution in [0.5, 0.6) is 5.75 Å². The number of carbonyl (C=O) groups excluding carboxylic acids is 1. The van der Waals surface area contributed by atoms with Crippen LogP contribution in [0.2, 0.25) is 0 Å². The van der Waals surface area contributed by atoms with Crippen molar-refractivity contribution in [3.63, 3.8) is 0 Å². The first kappa shape index (κ1) is 15.8. The maximum atomic E-state index is 11.0. The third kappa shape index (κ3) is 5.14. The summed E-state index contributed by atoms with van der Waals surface area (Å²) in [5.74, 6) is -0.553. The second kappa shape index (κ2) is 7.99. The van der Waals surface area contributed by atoms with Crippen LogP contribution in [0.3, 0.4) is 0 Å². The summed E-state index contributed by atoms with van der Waals surface area (Å²) < 4.78 is 9.67. The number of aliphatic carboxylic acids is 1. The fourth-order valence-electron chi connectivity index (χ4n) is 1.75. The molecular formula is C15H18O5. The largest absolute Gasteiger partial charge is 0.497 e. The van der Waals surface area contributed by atoms with Gasteiger partial charge in [-0.05, 0) is 36.1 Å². The summed E-state index contributed by atoms with van der Waals surface area (Å²) in [5, 5.41) is 8.75. The van der Waals surface area contributed by atoms with E-state index >= 15 is 0 Å². The van der Waals surface area contributed by atoms with Crippen molar-refractivity contribution >= 4 is 11.9 Å². The third-order valence-corrected chi connectivity index (χ3v) is 2.81. The molecule has 5 heteroatoms. The number of carboxylic acids is 1. The Kier molecular flexibility index (Phi) is 6.29. The van der Waals surface area contributed by atoms with Gasteiger partial charge in [0.1, 0.15) is 5.75 Å². The normalized spacial score (nSPS) is 10.5. The molecule has 20 heavy (non-hydrogen) atoms. The summed E-state index contributed by atoms with van der Waals surface area (Å²) in [7, 11) is 2.89. The van der Waals surface area contributed by atoms with E-state index in [2.05, 4.69) is 4.74 Å². The molecule has 1 N–H and O–H groups in total. The van der Waals surface area contributed by atoms with Gasteiger partial charge >= 0.3 is 11.9 Å². The molecule has 0 heterocycles. The van der Waals surface area contributed by atoms with E-state index in [-0.39, 0.29) is 6.42 Å². The Morgan fingerprint density at radius 1 is 1.25 bits per heavy atom. The quantitative estimate of drug-likeness (QED) is 0.610. The van der Waals surface area contributed by atoms with Gasteiger partial charge in [-0.25, -0.2) is 4.79 Å². The van der Waals surface area contributed by atoms with Crippen molar-refractivity contribution in [3.8, 4) is 5.75 Å². The molecule has 0 saturated carbocycles. The van der Waals surface area contributed by atoms with Gasteiger partial charge in [-0.2, -0.15) is 0 Å². The van der Waals surface area contributed by atoms with Gasteiger partial charge in [0.2, 0.25) is 0 Å². The number of rotatable bonds is 7. The SMILES string of the molecule is COC(=O)C=CCc1cc(OC)ccc1CCC(=O)O. The molecule has 0 spiro atoms. The first-order valence-corrected chi connectivity index (χ1v) is 6.19. The number of methoxy groups -OCH3 is 2. The topological polar surface area (TPSA) is 72.8 Å². The van der Waals surface area contributed by atoms with Crippen LogP contribution in [0.1, 0.15) is 17.5 Å². The first-order chi connectivity index (χ1) is 9.56. The Morgan fingerprint density at radius 2 is 2.00 bits per heavy atom. The molecule has 0 aliphatic carbocycles. The summed E-state index contributed by atoms with van der Waals surface area (Å²) in [4.78, 5) is 21.7. The number of benzene rings is 1. The Hall–Kier alpha value is -2.30. The fraction of sp³-hybridized carbons (Fsp3) is 0.333. The molecule has 108 valence electrons. The van der Waals surface area contributed by atoms with Crippen LogP contribution in [0, 0.1) is 0 Å². The van der Waals surface area contributed by atoms with E-state index in [0.717, 1.165) is 11.1 Å². The average molecular weight is 278 g/mol. The second-order valence-electron chi connectivity index (χ2n) is 4.16. The van der Waals surface area contributed by atoms with Crippen molar-refractivity contribution in [3.05, 3.63) is 41.5 Å². The molecule has 0 saturated heterocycles. The monoisotopic (exact) mass is 278 g/mol. The van der Waals surface area contributed by atoms with Crippen LogP contribution in [0.15, 0.2) is 30.4 Å². The minimum atomic E-state index is -0.836. The number of aryl methyl sites for hydroxylation is 1. The van der Waals surface area contributed by atoms with Crippen molar-refractivity contribution in [1.29, 1.82) is 0 Å². The van der Waals surface area contributed by atoms with Crippen LogP contribution in [-0.4, -0.2) is 31.3 Å². The van der Waals surface area contributed by atoms with Gasteiger partial charge in [-0.3, -0.25) is 4.79 Å². The Balaban J connectivity index is 2.85. The first-order valence-electron chi connectivity index (χ1n) is 6.19. The van der Waals surface area contributed by atoms with E-state index in [1.165, 1.54) is 13.2 Å². The van der Waals surface area contributed by atoms with Crippen LogP contribution < -0.4 is 4.74 Å². The smallest absolute Gasteiger partial charge is 0.330 e. The summed E-state index contributed by atoms with van der Waals surface area (Å²) in [6, 6.07) is 5.49. The molecule has 1 aromatic rings. The minimum absolute atomic E-state index is 0.0695. The molecule has 1 aromatic carbocycles. The summed E-state index contributed by atoms with van der Waals surface area (Å²) in [6.45, 7) is 0. The van der Waals surface area contributed by atoms with Crippen molar-refractivity contribution in [2.24, 2.45) is 0 Å². The molecule has 0 unspecified atom stereocenters. The Morgan fingerprint density at radius 3 is 2.60 bits per heavy atom. The van der Waals surface area contributed by atoms with E-state index in [0.29, 0.717) is 18.6 Å². The molecule has 0 radical (unpaired) electrons. The number of carboxylic acid groups (broad SMARTS) is 1. The Bertz CT molecular complexity index is 505. The van der Waals surface area contributed by atoms with E-state index in [4.69, 9.17) is 9.84 Å². The molecule has 1 rings (SSSR count). The molecule has 0 aromatic heterocycles. The van der Waals surface area contributed by atoms with Gasteiger partial charge in [0, 0.05) is 12.5 Å². The zero-order chi connectivity index (χ0) is 15.0. The number of allylic oxidation sites excluding steroid dienone is 1. The van der Waals surface area contributed by atoms with E-state index < -0.39 is 11.9 Å². The van der Waals surface area contributed by atoms with Gasteiger partial charge in [0.05, 0.1) is 14.2 Å². The van der Waals surface area contributed by atoms with Crippen molar-refractivity contribution in [2.45, 2.75) is 19.3 Å². The molecule has 0 aliphatic heterocycles. The van der Waals surface area contributed by atoms with Crippen LogP contribution in [0.25, 0.3) is 0 Å². The predicted octanol–water partition coefficient (Wildman–Crippen LogP) is 1.98. The Labute approximate surface area is 117 Å². The summed E-state index contributed by atoms with van der Waals surface area (Å²) >= 11 is 0. The number of hydrogen-bond acceptors (Lipinski definition) is 4. The molecule has 0 fully saturated rings. The fourth-order valence-corrected chi connectivity index (χ4v) is 1.75. The standard InChI is InChI=1S/C15H18O5/c1-19-13-8-6-11(7-9-14(16)17)12(10-13)4-3-5-15(18)20-2/h3,5-6,8,10H,4,7,9H2,1-2H3,(H,16,17). The lowest BCUT2D eigenvalue weighted by Gasteiger charge is -2.09. The molecule has 0 aliphatic rings. The highest BCUT2D eigenvalue weighted by Crippen LogP contribution is 2.20. The maximum absolute atomic E-state index is 11.0. The minimum Gasteiger partial charge on any atom is -0.497 e. The predicted molar refractivity (Wildman–Crippen MR) is 73.8 cm³/mol. The van der Waals surface area contributed by atoms with Crippen molar-refractivity contribution in [1.82, 2.24) is 0 Å². The molecular weight excluding hydrogens is 260 g/mol. The molecule has 5 nitrogen and oxygen atoms in total. The molecule has 0 amide bonds. The maximum Gasteiger partial charge on any atom is 0.330 e. The molecule has 0 atom stereocenters. The van der Waals surface area contributed by atoms with Crippen molar-refractivity contribution in [2.75, 3.05) is 14.2 Å². The van der Waals surface area contributed by atoms with E-state index in [1.54, 1.807) is 19.3 Å². The zero-order valence-corrected chi connectivity index (χ0v) is 11.6. The van der Waals surface area contributed by atoms with Gasteiger partial charge in [0.25, 0.3) is 0 Å². The van der Waals surface area contributed by atoms with E-state index in [9.17, 15) is 9.59 Å². The van der Waals surface area contributed by atoms with Gasteiger partial charge in [0.15, 0.2) is 0 Å². The number of carbonyl (C=O) groups is 2. The van der Waals surface area contributed by atoms with Gasteiger partial charge in [-0.1, -0.05) is 12.1 Å². The summed E-state index contributed by atoms with van der Waals surface area (Å²) in [5.41, 5.74) is 1.87. The van der Waals surface area contributed by atoms with Crippen molar-refractivity contribution < 1.29 is 24.2 Å². The third-order valence-electron chi connectivity index (χ3n) is 2.81.